The van der Waals surface area contributed by atoms with E-state index in [0.29, 0.717) is 17.5 Å². The molecular formula is C13H24N2O2S. The summed E-state index contributed by atoms with van der Waals surface area (Å²) in [5.74, 6) is 1.16. The molecule has 104 valence electrons. The monoisotopic (exact) mass is 272 g/mol. The summed E-state index contributed by atoms with van der Waals surface area (Å²) < 4.78 is 22.7. The molecule has 0 unspecified atom stereocenters. The smallest absolute Gasteiger partial charge is 0.159 e. The first-order valence-corrected chi connectivity index (χ1v) is 8.11. The van der Waals surface area contributed by atoms with Crippen molar-refractivity contribution in [3.63, 3.8) is 0 Å². The van der Waals surface area contributed by atoms with Crippen molar-refractivity contribution in [3.05, 3.63) is 11.3 Å². The SMILES string of the molecule is CC.CC(N=CC(C)C)=NC1=C(C)CS(=O)(=O)C1. The van der Waals surface area contributed by atoms with Crippen LogP contribution >= 0.6 is 0 Å². The Labute approximate surface area is 111 Å². The van der Waals surface area contributed by atoms with Gasteiger partial charge in [0.1, 0.15) is 5.84 Å². The minimum Gasteiger partial charge on any atom is -0.246 e. The van der Waals surface area contributed by atoms with Crippen molar-refractivity contribution in [2.75, 3.05) is 11.5 Å². The van der Waals surface area contributed by atoms with Gasteiger partial charge in [-0.05, 0) is 25.3 Å². The van der Waals surface area contributed by atoms with E-state index in [1.807, 2.05) is 34.6 Å². The number of amidine groups is 1. The molecule has 0 N–H and O–H groups in total. The van der Waals surface area contributed by atoms with Crippen LogP contribution in [0.2, 0.25) is 0 Å². The molecule has 0 aromatic heterocycles. The van der Waals surface area contributed by atoms with E-state index < -0.39 is 9.84 Å². The summed E-state index contributed by atoms with van der Waals surface area (Å²) in [6.07, 6.45) is 1.80. The van der Waals surface area contributed by atoms with Crippen molar-refractivity contribution in [3.8, 4) is 0 Å². The van der Waals surface area contributed by atoms with Gasteiger partial charge in [0.2, 0.25) is 0 Å². The molecule has 0 radical (unpaired) electrons. The van der Waals surface area contributed by atoms with Crippen LogP contribution in [0.25, 0.3) is 0 Å². The average Bonchev–Trinajstić information content (AvgIpc) is 2.52. The third-order valence-corrected chi connectivity index (χ3v) is 3.73. The van der Waals surface area contributed by atoms with Crippen LogP contribution in [-0.2, 0) is 9.84 Å². The molecule has 0 aromatic carbocycles. The molecular weight excluding hydrogens is 248 g/mol. The van der Waals surface area contributed by atoms with Crippen LogP contribution < -0.4 is 0 Å². The maximum atomic E-state index is 11.3. The van der Waals surface area contributed by atoms with Crippen LogP contribution in [0.1, 0.15) is 41.5 Å². The highest BCUT2D eigenvalue weighted by atomic mass is 32.2. The van der Waals surface area contributed by atoms with Crippen LogP contribution in [-0.4, -0.2) is 32.0 Å². The largest absolute Gasteiger partial charge is 0.246 e. The maximum absolute atomic E-state index is 11.3. The fourth-order valence-corrected chi connectivity index (χ4v) is 3.06. The van der Waals surface area contributed by atoms with Gasteiger partial charge < -0.3 is 0 Å². The number of sulfone groups is 1. The Morgan fingerprint density at radius 2 is 1.83 bits per heavy atom. The molecule has 1 aliphatic rings. The fraction of sp³-hybridized carbons (Fsp3) is 0.692. The highest BCUT2D eigenvalue weighted by molar-refractivity contribution is 7.92. The molecule has 0 amide bonds. The summed E-state index contributed by atoms with van der Waals surface area (Å²) in [5.41, 5.74) is 1.48. The molecule has 0 bridgehead atoms. The van der Waals surface area contributed by atoms with Gasteiger partial charge >= 0.3 is 0 Å². The highest BCUT2D eigenvalue weighted by Crippen LogP contribution is 2.20. The van der Waals surface area contributed by atoms with Crippen LogP contribution in [0.15, 0.2) is 21.3 Å². The average molecular weight is 272 g/mol. The number of hydrogen-bond donors (Lipinski definition) is 0. The Morgan fingerprint density at radius 3 is 2.22 bits per heavy atom. The fourth-order valence-electron chi connectivity index (χ4n) is 1.40. The minimum atomic E-state index is -2.95. The summed E-state index contributed by atoms with van der Waals surface area (Å²) in [6, 6.07) is 0. The summed E-state index contributed by atoms with van der Waals surface area (Å²) in [7, 11) is -2.95. The van der Waals surface area contributed by atoms with Gasteiger partial charge in [-0.2, -0.15) is 0 Å². The Hall–Kier alpha value is -0.970. The normalized spacial score (nSPS) is 19.4. The van der Waals surface area contributed by atoms with Gasteiger partial charge in [0.05, 0.1) is 17.2 Å². The molecule has 1 heterocycles. The first kappa shape index (κ1) is 17.0. The van der Waals surface area contributed by atoms with E-state index in [2.05, 4.69) is 9.98 Å². The van der Waals surface area contributed by atoms with E-state index >= 15 is 0 Å². The lowest BCUT2D eigenvalue weighted by atomic mass is 10.2. The third-order valence-electron chi connectivity index (χ3n) is 2.14. The predicted octanol–water partition coefficient (Wildman–Crippen LogP) is 2.86. The Balaban J connectivity index is 0.00000137. The second-order valence-electron chi connectivity index (χ2n) is 4.44. The van der Waals surface area contributed by atoms with Crippen molar-refractivity contribution in [2.45, 2.75) is 41.5 Å². The molecule has 18 heavy (non-hydrogen) atoms. The zero-order valence-electron chi connectivity index (χ0n) is 12.2. The van der Waals surface area contributed by atoms with Gasteiger partial charge in [0.25, 0.3) is 0 Å². The molecule has 0 atom stereocenters. The van der Waals surface area contributed by atoms with Crippen LogP contribution in [0.3, 0.4) is 0 Å². The number of rotatable bonds is 2. The first-order valence-electron chi connectivity index (χ1n) is 6.28. The summed E-state index contributed by atoms with van der Waals surface area (Å²) >= 11 is 0. The van der Waals surface area contributed by atoms with Gasteiger partial charge in [0.15, 0.2) is 9.84 Å². The van der Waals surface area contributed by atoms with Gasteiger partial charge in [0, 0.05) is 6.21 Å². The molecule has 5 heteroatoms. The Kier molecular flexibility index (Phi) is 7.06. The number of aliphatic imine (C=N–C) groups is 2. The van der Waals surface area contributed by atoms with Gasteiger partial charge in [-0.1, -0.05) is 27.7 Å². The number of hydrogen-bond acceptors (Lipinski definition) is 3. The van der Waals surface area contributed by atoms with Crippen molar-refractivity contribution >= 4 is 21.9 Å². The topological polar surface area (TPSA) is 58.9 Å². The standard InChI is InChI=1S/C11H18N2O2S.C2H6/c1-8(2)5-12-10(4)13-11-7-16(14,15)6-9(11)3;1-2/h5,8H,6-7H2,1-4H3;1-2H3. The lowest BCUT2D eigenvalue weighted by Crippen LogP contribution is -2.03. The summed E-state index contributed by atoms with van der Waals surface area (Å²) in [4.78, 5) is 8.41. The van der Waals surface area contributed by atoms with E-state index in [1.54, 1.807) is 13.1 Å². The molecule has 0 aliphatic carbocycles. The maximum Gasteiger partial charge on any atom is 0.159 e. The van der Waals surface area contributed by atoms with Crippen LogP contribution in [0, 0.1) is 5.92 Å². The van der Waals surface area contributed by atoms with E-state index in [1.165, 1.54) is 0 Å². The van der Waals surface area contributed by atoms with Crippen LogP contribution in [0.4, 0.5) is 0 Å². The predicted molar refractivity (Wildman–Crippen MR) is 79.1 cm³/mol. The third kappa shape index (κ3) is 6.10. The lowest BCUT2D eigenvalue weighted by Gasteiger charge is -1.97. The lowest BCUT2D eigenvalue weighted by molar-refractivity contribution is 0.602. The van der Waals surface area contributed by atoms with E-state index in [9.17, 15) is 8.42 Å². The summed E-state index contributed by atoms with van der Waals surface area (Å²) in [5, 5.41) is 0. The van der Waals surface area contributed by atoms with E-state index in [0.717, 1.165) is 5.57 Å². The molecule has 4 nitrogen and oxygen atoms in total. The van der Waals surface area contributed by atoms with Crippen molar-refractivity contribution in [2.24, 2.45) is 15.9 Å². The quantitative estimate of drug-likeness (QED) is 0.573. The Morgan fingerprint density at radius 1 is 1.28 bits per heavy atom. The highest BCUT2D eigenvalue weighted by Gasteiger charge is 2.24. The number of nitrogens with zero attached hydrogens (tertiary/aromatic N) is 2. The minimum absolute atomic E-state index is 0.0490. The van der Waals surface area contributed by atoms with Gasteiger partial charge in [-0.15, -0.1) is 0 Å². The molecule has 1 rings (SSSR count). The van der Waals surface area contributed by atoms with E-state index in [-0.39, 0.29) is 11.5 Å². The van der Waals surface area contributed by atoms with Gasteiger partial charge in [-0.3, -0.25) is 0 Å². The zero-order chi connectivity index (χ0) is 14.3. The van der Waals surface area contributed by atoms with Crippen molar-refractivity contribution < 1.29 is 8.42 Å². The molecule has 0 spiro atoms. The zero-order valence-corrected chi connectivity index (χ0v) is 13.0. The molecule has 0 aromatic rings. The van der Waals surface area contributed by atoms with Crippen molar-refractivity contribution in [1.29, 1.82) is 0 Å². The second kappa shape index (κ2) is 7.46. The van der Waals surface area contributed by atoms with Gasteiger partial charge in [-0.25, -0.2) is 18.4 Å². The first-order chi connectivity index (χ1) is 8.30. The second-order valence-corrected chi connectivity index (χ2v) is 6.50. The summed E-state index contributed by atoms with van der Waals surface area (Å²) in [6.45, 7) is 11.6. The van der Waals surface area contributed by atoms with Crippen molar-refractivity contribution in [1.82, 2.24) is 0 Å². The molecule has 0 saturated heterocycles. The van der Waals surface area contributed by atoms with Crippen LogP contribution in [0.5, 0.6) is 0 Å². The Bertz CT molecular complexity index is 457. The molecule has 0 fully saturated rings. The van der Waals surface area contributed by atoms with E-state index in [4.69, 9.17) is 0 Å². The molecule has 1 aliphatic heterocycles. The molecule has 0 saturated carbocycles.